The quantitative estimate of drug-likeness (QED) is 0.677. The number of carboxylic acid groups (broad SMARTS) is 1. The van der Waals surface area contributed by atoms with Crippen LogP contribution in [-0.4, -0.2) is 77.0 Å². The third-order valence-electron chi connectivity index (χ3n) is 3.80. The first-order valence-electron chi connectivity index (χ1n) is 6.55. The van der Waals surface area contributed by atoms with Gasteiger partial charge in [-0.1, -0.05) is 6.92 Å². The fourth-order valence-electron chi connectivity index (χ4n) is 2.40. The van der Waals surface area contributed by atoms with Crippen molar-refractivity contribution < 1.29 is 24.5 Å². The van der Waals surface area contributed by atoms with Crippen molar-refractivity contribution in [3.63, 3.8) is 0 Å². The molecule has 2 aliphatic heterocycles. The Morgan fingerprint density at radius 1 is 1.21 bits per heavy atom. The van der Waals surface area contributed by atoms with Gasteiger partial charge in [0, 0.05) is 19.6 Å². The van der Waals surface area contributed by atoms with Crippen LogP contribution in [0.2, 0.25) is 0 Å². The van der Waals surface area contributed by atoms with Gasteiger partial charge in [-0.2, -0.15) is 0 Å². The zero-order chi connectivity index (χ0) is 14.0. The number of carbonyl (C=O) groups is 2. The van der Waals surface area contributed by atoms with Gasteiger partial charge in [0.1, 0.15) is 0 Å². The number of aliphatic carboxylic acids is 1. The lowest BCUT2D eigenvalue weighted by atomic mass is 9.96. The molecule has 0 aromatic rings. The number of nitrogens with zero attached hydrogens (tertiary/aromatic N) is 2. The molecule has 108 valence electrons. The number of hydrogen-bond acceptors (Lipinski definition) is 4. The Morgan fingerprint density at radius 2 is 1.89 bits per heavy atom. The van der Waals surface area contributed by atoms with Crippen LogP contribution in [0, 0.1) is 5.92 Å². The first-order valence-corrected chi connectivity index (χ1v) is 6.55. The Kier molecular flexibility index (Phi) is 4.26. The molecular formula is C12H20N2O5. The normalized spacial score (nSPS) is 32.2. The molecule has 2 saturated heterocycles. The molecule has 19 heavy (non-hydrogen) atoms. The van der Waals surface area contributed by atoms with Crippen LogP contribution in [0.15, 0.2) is 0 Å². The minimum absolute atomic E-state index is 0.0658. The molecule has 7 heteroatoms. The number of aliphatic hydroxyl groups excluding tert-OH is 1. The number of β-amino-alcohol motifs (C(OH)–C–C–N with tert-alkyl or cyclic N) is 1. The molecule has 2 N–H and O–H groups in total. The van der Waals surface area contributed by atoms with E-state index in [0.29, 0.717) is 19.6 Å². The number of carbonyl (C=O) groups excluding carboxylic acids is 1. The predicted octanol–water partition coefficient (Wildman–Crippen LogP) is -0.405. The third-order valence-corrected chi connectivity index (χ3v) is 3.80. The van der Waals surface area contributed by atoms with Gasteiger partial charge in [0.25, 0.3) is 0 Å². The number of aliphatic hydroxyl groups is 1. The van der Waals surface area contributed by atoms with E-state index in [9.17, 15) is 14.7 Å². The third kappa shape index (κ3) is 3.16. The van der Waals surface area contributed by atoms with E-state index in [2.05, 4.69) is 0 Å². The molecule has 2 rings (SSSR count). The van der Waals surface area contributed by atoms with Gasteiger partial charge in [-0.25, -0.2) is 9.59 Å². The molecule has 0 spiro atoms. The van der Waals surface area contributed by atoms with Gasteiger partial charge in [-0.05, 0) is 12.3 Å². The zero-order valence-electron chi connectivity index (χ0n) is 11.0. The molecule has 0 radical (unpaired) electrons. The highest BCUT2D eigenvalue weighted by Crippen LogP contribution is 2.19. The second-order valence-corrected chi connectivity index (χ2v) is 5.21. The highest BCUT2D eigenvalue weighted by molar-refractivity contribution is 5.77. The van der Waals surface area contributed by atoms with Crippen LogP contribution < -0.4 is 0 Å². The summed E-state index contributed by atoms with van der Waals surface area (Å²) in [7, 11) is 0. The van der Waals surface area contributed by atoms with E-state index < -0.39 is 18.2 Å². The van der Waals surface area contributed by atoms with Crippen molar-refractivity contribution in [2.75, 3.05) is 32.8 Å². The van der Waals surface area contributed by atoms with Crippen LogP contribution in [0.3, 0.4) is 0 Å². The molecule has 0 aromatic heterocycles. The molecule has 3 unspecified atom stereocenters. The summed E-state index contributed by atoms with van der Waals surface area (Å²) in [4.78, 5) is 26.2. The monoisotopic (exact) mass is 272 g/mol. The number of urea groups is 1. The molecule has 2 heterocycles. The summed E-state index contributed by atoms with van der Waals surface area (Å²) in [5, 5.41) is 18.7. The van der Waals surface area contributed by atoms with E-state index in [1.54, 1.807) is 4.90 Å². The van der Waals surface area contributed by atoms with Crippen molar-refractivity contribution >= 4 is 12.0 Å². The Bertz CT molecular complexity index is 362. The van der Waals surface area contributed by atoms with E-state index >= 15 is 0 Å². The molecule has 0 aliphatic carbocycles. The summed E-state index contributed by atoms with van der Waals surface area (Å²) in [5.41, 5.74) is 0. The molecule has 7 nitrogen and oxygen atoms in total. The van der Waals surface area contributed by atoms with Gasteiger partial charge in [-0.15, -0.1) is 0 Å². The average molecular weight is 272 g/mol. The molecule has 2 aliphatic rings. The second kappa shape index (κ2) is 5.75. The van der Waals surface area contributed by atoms with Crippen LogP contribution in [0.25, 0.3) is 0 Å². The highest BCUT2D eigenvalue weighted by atomic mass is 16.5. The minimum Gasteiger partial charge on any atom is -0.479 e. The Labute approximate surface area is 111 Å². The maximum atomic E-state index is 12.3. The standard InChI is InChI=1S/C12H20N2O5/c1-8-2-3-13(6-9(8)15)12(18)14-4-5-19-10(7-14)11(16)17/h8-10,15H,2-7H2,1H3,(H,16,17). The lowest BCUT2D eigenvalue weighted by Crippen LogP contribution is -2.56. The van der Waals surface area contributed by atoms with Crippen LogP contribution >= 0.6 is 0 Å². The van der Waals surface area contributed by atoms with E-state index in [0.717, 1.165) is 6.42 Å². The Hall–Kier alpha value is -1.34. The fourth-order valence-corrected chi connectivity index (χ4v) is 2.40. The number of ether oxygens (including phenoxy) is 1. The largest absolute Gasteiger partial charge is 0.479 e. The predicted molar refractivity (Wildman–Crippen MR) is 65.7 cm³/mol. The molecule has 2 fully saturated rings. The maximum absolute atomic E-state index is 12.3. The molecule has 0 saturated carbocycles. The smallest absolute Gasteiger partial charge is 0.334 e. The maximum Gasteiger partial charge on any atom is 0.334 e. The van der Waals surface area contributed by atoms with Gasteiger partial charge in [0.15, 0.2) is 6.10 Å². The van der Waals surface area contributed by atoms with E-state index in [1.165, 1.54) is 4.90 Å². The van der Waals surface area contributed by atoms with Crippen LogP contribution in [0.4, 0.5) is 4.79 Å². The van der Waals surface area contributed by atoms with Crippen molar-refractivity contribution in [1.82, 2.24) is 9.80 Å². The molecule has 3 atom stereocenters. The van der Waals surface area contributed by atoms with E-state index in [4.69, 9.17) is 9.84 Å². The second-order valence-electron chi connectivity index (χ2n) is 5.21. The van der Waals surface area contributed by atoms with Crippen molar-refractivity contribution in [3.05, 3.63) is 0 Å². The van der Waals surface area contributed by atoms with Crippen LogP contribution in [0.5, 0.6) is 0 Å². The van der Waals surface area contributed by atoms with Crippen molar-refractivity contribution in [2.45, 2.75) is 25.6 Å². The van der Waals surface area contributed by atoms with Gasteiger partial charge >= 0.3 is 12.0 Å². The van der Waals surface area contributed by atoms with Gasteiger partial charge in [-0.3, -0.25) is 0 Å². The van der Waals surface area contributed by atoms with Crippen molar-refractivity contribution in [3.8, 4) is 0 Å². The number of rotatable bonds is 1. The average Bonchev–Trinajstić information content (AvgIpc) is 2.41. The zero-order valence-corrected chi connectivity index (χ0v) is 11.0. The summed E-state index contributed by atoms with van der Waals surface area (Å²) < 4.78 is 5.08. The lowest BCUT2D eigenvalue weighted by molar-refractivity contribution is -0.154. The molecule has 2 amide bonds. The minimum atomic E-state index is -1.05. The number of likely N-dealkylation sites (tertiary alicyclic amines) is 1. The van der Waals surface area contributed by atoms with Crippen LogP contribution in [-0.2, 0) is 9.53 Å². The molecular weight excluding hydrogens is 252 g/mol. The highest BCUT2D eigenvalue weighted by Gasteiger charge is 2.34. The number of hydrogen-bond donors (Lipinski definition) is 2. The Balaban J connectivity index is 1.94. The van der Waals surface area contributed by atoms with E-state index in [1.807, 2.05) is 6.92 Å². The topological polar surface area (TPSA) is 90.3 Å². The number of morpholine rings is 1. The fraction of sp³-hybridized carbons (Fsp3) is 0.833. The molecule has 0 bridgehead atoms. The number of amides is 2. The number of piperidine rings is 1. The molecule has 0 aromatic carbocycles. The summed E-state index contributed by atoms with van der Waals surface area (Å²) in [6.45, 7) is 3.57. The van der Waals surface area contributed by atoms with Crippen LogP contribution in [0.1, 0.15) is 13.3 Å². The van der Waals surface area contributed by atoms with Crippen molar-refractivity contribution in [2.24, 2.45) is 5.92 Å². The first kappa shape index (κ1) is 14.1. The van der Waals surface area contributed by atoms with Gasteiger partial charge in [0.2, 0.25) is 0 Å². The summed E-state index contributed by atoms with van der Waals surface area (Å²) in [5.74, 6) is -0.856. The van der Waals surface area contributed by atoms with Crippen molar-refractivity contribution in [1.29, 1.82) is 0 Å². The van der Waals surface area contributed by atoms with Gasteiger partial charge < -0.3 is 24.7 Å². The van der Waals surface area contributed by atoms with Gasteiger partial charge in [0.05, 0.1) is 19.3 Å². The summed E-state index contributed by atoms with van der Waals surface area (Å²) >= 11 is 0. The summed E-state index contributed by atoms with van der Waals surface area (Å²) in [6.07, 6.45) is -0.695. The summed E-state index contributed by atoms with van der Waals surface area (Å²) in [6, 6.07) is -0.208. The Morgan fingerprint density at radius 3 is 2.53 bits per heavy atom. The first-order chi connectivity index (χ1) is 8.99. The number of carboxylic acids is 1. The SMILES string of the molecule is CC1CCN(C(=O)N2CCOC(C(=O)O)C2)CC1O. The van der Waals surface area contributed by atoms with E-state index in [-0.39, 0.29) is 25.1 Å². The lowest BCUT2D eigenvalue weighted by Gasteiger charge is -2.39.